The number of amidine groups is 1. The van der Waals surface area contributed by atoms with E-state index in [1.165, 1.54) is 5.57 Å². The molecule has 0 bridgehead atoms. The number of carbonyl (C=O) groups excluding carboxylic acids is 1. The third-order valence-corrected chi connectivity index (χ3v) is 4.31. The molecule has 7 heteroatoms. The first kappa shape index (κ1) is 15.8. The summed E-state index contributed by atoms with van der Waals surface area (Å²) in [6.45, 7) is 6.43. The number of aliphatic carboxylic acids is 1. The molecule has 1 heterocycles. The molecule has 2 N–H and O–H groups in total. The molecule has 1 amide bonds. The highest BCUT2D eigenvalue weighted by Crippen LogP contribution is 2.33. The molecule has 21 heavy (non-hydrogen) atoms. The van der Waals surface area contributed by atoms with Crippen LogP contribution in [0.15, 0.2) is 21.9 Å². The molecule has 0 saturated carbocycles. The molecule has 0 aromatic carbocycles. The predicted octanol–water partition coefficient (Wildman–Crippen LogP) is 2.17. The van der Waals surface area contributed by atoms with Crippen LogP contribution in [-0.2, 0) is 9.59 Å². The van der Waals surface area contributed by atoms with Crippen molar-refractivity contribution in [3.63, 3.8) is 0 Å². The summed E-state index contributed by atoms with van der Waals surface area (Å²) in [5.41, 5.74) is 2.31. The van der Waals surface area contributed by atoms with E-state index in [0.717, 1.165) is 30.3 Å². The van der Waals surface area contributed by atoms with Crippen molar-refractivity contribution < 1.29 is 14.7 Å². The summed E-state index contributed by atoms with van der Waals surface area (Å²) in [4.78, 5) is 22.2. The molecule has 0 unspecified atom stereocenters. The fraction of sp³-hybridized carbons (Fsp3) is 0.571. The van der Waals surface area contributed by atoms with E-state index < -0.39 is 11.2 Å². The maximum absolute atomic E-state index is 11.6. The first-order valence-electron chi connectivity index (χ1n) is 6.76. The Hall–Kier alpha value is -1.63. The van der Waals surface area contributed by atoms with Gasteiger partial charge in [0.25, 0.3) is 0 Å². The number of hydrogen-bond donors (Lipinski definition) is 2. The lowest BCUT2D eigenvalue weighted by Gasteiger charge is -2.28. The number of thioether (sulfide) groups is 1. The fourth-order valence-corrected chi connectivity index (χ4v) is 3.52. The van der Waals surface area contributed by atoms with Gasteiger partial charge in [0.05, 0.1) is 12.1 Å². The van der Waals surface area contributed by atoms with Crippen molar-refractivity contribution in [1.82, 2.24) is 5.32 Å². The lowest BCUT2D eigenvalue weighted by atomic mass is 9.77. The Balaban J connectivity index is 2.08. The van der Waals surface area contributed by atoms with Gasteiger partial charge in [0.2, 0.25) is 5.91 Å². The first-order valence-corrected chi connectivity index (χ1v) is 7.64. The third-order valence-electron chi connectivity index (χ3n) is 3.24. The van der Waals surface area contributed by atoms with E-state index >= 15 is 0 Å². The second kappa shape index (κ2) is 6.01. The van der Waals surface area contributed by atoms with E-state index in [9.17, 15) is 9.59 Å². The minimum Gasteiger partial charge on any atom is -0.481 e. The van der Waals surface area contributed by atoms with Crippen LogP contribution in [0.4, 0.5) is 0 Å². The van der Waals surface area contributed by atoms with Crippen molar-refractivity contribution in [3.05, 3.63) is 11.6 Å². The van der Waals surface area contributed by atoms with E-state index in [1.54, 1.807) is 0 Å². The summed E-state index contributed by atoms with van der Waals surface area (Å²) in [5.74, 6) is -1.32. The Morgan fingerprint density at radius 3 is 2.81 bits per heavy atom. The normalized spacial score (nSPS) is 28.6. The lowest BCUT2D eigenvalue weighted by molar-refractivity contribution is -0.138. The van der Waals surface area contributed by atoms with Gasteiger partial charge in [-0.05, 0) is 31.3 Å². The highest BCUT2D eigenvalue weighted by molar-refractivity contribution is 8.15. The molecule has 114 valence electrons. The third kappa shape index (κ3) is 4.42. The Morgan fingerprint density at radius 1 is 1.48 bits per heavy atom. The zero-order valence-corrected chi connectivity index (χ0v) is 13.2. The van der Waals surface area contributed by atoms with E-state index in [1.807, 2.05) is 6.08 Å². The quantitative estimate of drug-likeness (QED) is 0.782. The number of nitrogens with one attached hydrogen (secondary N) is 1. The molecule has 1 atom stereocenters. The Labute approximate surface area is 127 Å². The Morgan fingerprint density at radius 2 is 2.19 bits per heavy atom. The molecule has 2 rings (SSSR count). The van der Waals surface area contributed by atoms with E-state index in [2.05, 4.69) is 36.3 Å². The van der Waals surface area contributed by atoms with Crippen molar-refractivity contribution in [2.75, 3.05) is 0 Å². The van der Waals surface area contributed by atoms with Gasteiger partial charge in [-0.15, -0.1) is 5.10 Å². The molecule has 1 aliphatic heterocycles. The van der Waals surface area contributed by atoms with Crippen LogP contribution in [0.25, 0.3) is 0 Å². The summed E-state index contributed by atoms with van der Waals surface area (Å²) in [5, 5.41) is 19.3. The average molecular weight is 309 g/mol. The SMILES string of the molecule is CC1=CC(=NN=C2NC(=O)[C@@H](CC(=O)O)S2)CC(C)(C)C1. The van der Waals surface area contributed by atoms with Gasteiger partial charge in [0, 0.05) is 0 Å². The van der Waals surface area contributed by atoms with Gasteiger partial charge in [-0.25, -0.2) is 0 Å². The zero-order chi connectivity index (χ0) is 15.6. The number of nitrogens with zero attached hydrogens (tertiary/aromatic N) is 2. The number of rotatable bonds is 3. The maximum Gasteiger partial charge on any atom is 0.305 e. The summed E-state index contributed by atoms with van der Waals surface area (Å²) in [6, 6.07) is 0. The summed E-state index contributed by atoms with van der Waals surface area (Å²) < 4.78 is 0. The Bertz CT molecular complexity index is 564. The van der Waals surface area contributed by atoms with Crippen LogP contribution in [0.3, 0.4) is 0 Å². The minimum atomic E-state index is -0.997. The number of allylic oxidation sites excluding steroid dienone is 2. The molecule has 0 spiro atoms. The summed E-state index contributed by atoms with van der Waals surface area (Å²) in [6.07, 6.45) is 3.68. The van der Waals surface area contributed by atoms with Gasteiger partial charge in [-0.1, -0.05) is 31.2 Å². The van der Waals surface area contributed by atoms with Crippen molar-refractivity contribution in [2.24, 2.45) is 15.6 Å². The van der Waals surface area contributed by atoms with Crippen LogP contribution >= 0.6 is 11.8 Å². The minimum absolute atomic E-state index is 0.162. The highest BCUT2D eigenvalue weighted by atomic mass is 32.2. The van der Waals surface area contributed by atoms with Gasteiger partial charge in [-0.3, -0.25) is 9.59 Å². The van der Waals surface area contributed by atoms with Crippen LogP contribution in [0, 0.1) is 5.41 Å². The fourth-order valence-electron chi connectivity index (χ4n) is 2.61. The summed E-state index contributed by atoms with van der Waals surface area (Å²) in [7, 11) is 0. The van der Waals surface area contributed by atoms with Crippen molar-refractivity contribution >= 4 is 34.5 Å². The van der Waals surface area contributed by atoms with E-state index in [0.29, 0.717) is 5.17 Å². The van der Waals surface area contributed by atoms with Crippen LogP contribution in [0.2, 0.25) is 0 Å². The van der Waals surface area contributed by atoms with Gasteiger partial charge < -0.3 is 10.4 Å². The molecule has 0 aromatic heterocycles. The Kier molecular flexibility index (Phi) is 4.51. The van der Waals surface area contributed by atoms with Crippen molar-refractivity contribution in [2.45, 2.75) is 45.3 Å². The van der Waals surface area contributed by atoms with Gasteiger partial charge >= 0.3 is 5.97 Å². The van der Waals surface area contributed by atoms with Crippen LogP contribution in [0.1, 0.15) is 40.0 Å². The van der Waals surface area contributed by atoms with Crippen LogP contribution < -0.4 is 5.32 Å². The topological polar surface area (TPSA) is 91.1 Å². The van der Waals surface area contributed by atoms with Gasteiger partial charge in [-0.2, -0.15) is 5.10 Å². The average Bonchev–Trinajstić information content (AvgIpc) is 2.64. The molecule has 1 saturated heterocycles. The molecular weight excluding hydrogens is 290 g/mol. The molecule has 1 fully saturated rings. The first-order chi connectivity index (χ1) is 9.75. The highest BCUT2D eigenvalue weighted by Gasteiger charge is 2.32. The molecule has 6 nitrogen and oxygen atoms in total. The smallest absolute Gasteiger partial charge is 0.305 e. The van der Waals surface area contributed by atoms with Gasteiger partial charge in [0.1, 0.15) is 5.25 Å². The second-order valence-corrected chi connectivity index (χ2v) is 7.39. The number of hydrogen-bond acceptors (Lipinski definition) is 5. The van der Waals surface area contributed by atoms with Gasteiger partial charge in [0.15, 0.2) is 5.17 Å². The second-order valence-electron chi connectivity index (χ2n) is 6.20. The molecule has 0 radical (unpaired) electrons. The van der Waals surface area contributed by atoms with E-state index in [4.69, 9.17) is 5.11 Å². The van der Waals surface area contributed by atoms with Crippen molar-refractivity contribution in [1.29, 1.82) is 0 Å². The van der Waals surface area contributed by atoms with E-state index in [-0.39, 0.29) is 17.7 Å². The molecular formula is C14H19N3O3S. The number of amides is 1. The molecule has 0 aromatic rings. The number of carboxylic acid groups (broad SMARTS) is 1. The standard InChI is InChI=1S/C14H19N3O3S/c1-8-4-9(7-14(2,3)6-8)16-17-13-15-12(20)10(21-13)5-11(18)19/h4,10H,5-7H2,1-3H3,(H,18,19)(H,15,17,20)/t10-/m1/s1. The largest absolute Gasteiger partial charge is 0.481 e. The van der Waals surface area contributed by atoms with Crippen LogP contribution in [0.5, 0.6) is 0 Å². The maximum atomic E-state index is 11.6. The zero-order valence-electron chi connectivity index (χ0n) is 12.3. The lowest BCUT2D eigenvalue weighted by Crippen LogP contribution is -2.26. The van der Waals surface area contributed by atoms with Crippen LogP contribution in [-0.4, -0.2) is 33.1 Å². The molecule has 1 aliphatic carbocycles. The molecule has 2 aliphatic rings. The predicted molar refractivity (Wildman–Crippen MR) is 83.4 cm³/mol. The monoisotopic (exact) mass is 309 g/mol. The number of carbonyl (C=O) groups is 2. The summed E-state index contributed by atoms with van der Waals surface area (Å²) >= 11 is 1.12. The number of carboxylic acids is 1. The van der Waals surface area contributed by atoms with Crippen molar-refractivity contribution in [3.8, 4) is 0 Å².